The number of para-hydroxylation sites is 1. The second-order valence-electron chi connectivity index (χ2n) is 8.60. The maximum atomic E-state index is 14.0. The highest BCUT2D eigenvalue weighted by atomic mass is 19.1. The Morgan fingerprint density at radius 2 is 1.79 bits per heavy atom. The Balaban J connectivity index is 1.52. The molecular formula is C27H26FN3O2. The number of amides is 1. The van der Waals surface area contributed by atoms with Crippen LogP contribution in [0.4, 0.5) is 10.1 Å². The molecule has 0 aliphatic heterocycles. The van der Waals surface area contributed by atoms with Crippen LogP contribution < -0.4 is 5.32 Å². The summed E-state index contributed by atoms with van der Waals surface area (Å²) in [7, 11) is 0. The SMILES string of the molecule is Cc1ccc(-c2ncn(C3CCCCC3)c2-c2ccc(C(=O)Nc3ccccc3F)o2)cc1. The molecular weight excluding hydrogens is 417 g/mol. The van der Waals surface area contributed by atoms with Crippen molar-refractivity contribution in [3.63, 3.8) is 0 Å². The first kappa shape index (κ1) is 21.2. The van der Waals surface area contributed by atoms with Crippen LogP contribution in [-0.2, 0) is 0 Å². The number of furan rings is 1. The zero-order chi connectivity index (χ0) is 22.8. The third-order valence-electron chi connectivity index (χ3n) is 6.27. The summed E-state index contributed by atoms with van der Waals surface area (Å²) < 4.78 is 22.2. The van der Waals surface area contributed by atoms with Crippen LogP contribution in [0.5, 0.6) is 0 Å². The quantitative estimate of drug-likeness (QED) is 0.361. The molecule has 0 unspecified atom stereocenters. The average Bonchev–Trinajstić information content (AvgIpc) is 3.49. The van der Waals surface area contributed by atoms with E-state index in [1.165, 1.54) is 37.0 Å². The first-order valence-corrected chi connectivity index (χ1v) is 11.4. The summed E-state index contributed by atoms with van der Waals surface area (Å²) in [5.74, 6) is -0.284. The molecule has 2 heterocycles. The van der Waals surface area contributed by atoms with E-state index in [-0.39, 0.29) is 11.4 Å². The molecule has 0 saturated heterocycles. The summed E-state index contributed by atoms with van der Waals surface area (Å²) in [6.07, 6.45) is 7.72. The van der Waals surface area contributed by atoms with E-state index in [0.29, 0.717) is 11.8 Å². The van der Waals surface area contributed by atoms with Crippen LogP contribution in [0.25, 0.3) is 22.7 Å². The summed E-state index contributed by atoms with van der Waals surface area (Å²) in [5.41, 5.74) is 4.00. The maximum absolute atomic E-state index is 14.0. The molecule has 6 heteroatoms. The third kappa shape index (κ3) is 4.33. The predicted molar refractivity (Wildman–Crippen MR) is 127 cm³/mol. The highest BCUT2D eigenvalue weighted by Gasteiger charge is 2.25. The third-order valence-corrected chi connectivity index (χ3v) is 6.27. The van der Waals surface area contributed by atoms with Crippen LogP contribution in [0.3, 0.4) is 0 Å². The van der Waals surface area contributed by atoms with Crippen LogP contribution in [-0.4, -0.2) is 15.5 Å². The van der Waals surface area contributed by atoms with Gasteiger partial charge in [0.25, 0.3) is 5.91 Å². The zero-order valence-corrected chi connectivity index (χ0v) is 18.6. The second kappa shape index (κ2) is 9.06. The molecule has 1 N–H and O–H groups in total. The number of carbonyl (C=O) groups excluding carboxylic acids is 1. The van der Waals surface area contributed by atoms with E-state index in [4.69, 9.17) is 9.40 Å². The van der Waals surface area contributed by atoms with Gasteiger partial charge in [-0.25, -0.2) is 9.37 Å². The van der Waals surface area contributed by atoms with Crippen LogP contribution in [0.1, 0.15) is 54.3 Å². The molecule has 1 aliphatic rings. The van der Waals surface area contributed by atoms with E-state index in [0.717, 1.165) is 29.8 Å². The molecule has 33 heavy (non-hydrogen) atoms. The Morgan fingerprint density at radius 3 is 2.55 bits per heavy atom. The molecule has 0 spiro atoms. The molecule has 0 bridgehead atoms. The van der Waals surface area contributed by atoms with E-state index >= 15 is 0 Å². The van der Waals surface area contributed by atoms with Crippen LogP contribution in [0.15, 0.2) is 71.4 Å². The van der Waals surface area contributed by atoms with Gasteiger partial charge in [-0.3, -0.25) is 4.79 Å². The molecule has 1 fully saturated rings. The highest BCUT2D eigenvalue weighted by molar-refractivity contribution is 6.02. The molecule has 5 nitrogen and oxygen atoms in total. The van der Waals surface area contributed by atoms with Gasteiger partial charge in [-0.2, -0.15) is 0 Å². The standard InChI is InChI=1S/C27H26FN3O2/c1-18-11-13-19(14-12-18)25-26(31(17-29-25)20-7-3-2-4-8-20)23-15-16-24(33-23)27(32)30-22-10-6-5-9-21(22)28/h5-6,9-17,20H,2-4,7-8H2,1H3,(H,30,32). The monoisotopic (exact) mass is 443 g/mol. The van der Waals surface area contributed by atoms with Crippen LogP contribution in [0.2, 0.25) is 0 Å². The van der Waals surface area contributed by atoms with Gasteiger partial charge in [0, 0.05) is 11.6 Å². The van der Waals surface area contributed by atoms with E-state index in [2.05, 4.69) is 41.1 Å². The maximum Gasteiger partial charge on any atom is 0.291 e. The molecule has 1 saturated carbocycles. The van der Waals surface area contributed by atoms with Crippen LogP contribution >= 0.6 is 0 Å². The number of carbonyl (C=O) groups is 1. The number of rotatable bonds is 5. The Morgan fingerprint density at radius 1 is 1.03 bits per heavy atom. The molecule has 0 radical (unpaired) electrons. The number of anilines is 1. The van der Waals surface area contributed by atoms with Crippen molar-refractivity contribution >= 4 is 11.6 Å². The van der Waals surface area contributed by atoms with E-state index in [9.17, 15) is 9.18 Å². The Labute approximate surface area is 192 Å². The van der Waals surface area contributed by atoms with Gasteiger partial charge in [-0.1, -0.05) is 61.2 Å². The largest absolute Gasteiger partial charge is 0.449 e. The van der Waals surface area contributed by atoms with E-state index < -0.39 is 11.7 Å². The molecule has 1 amide bonds. The molecule has 2 aromatic heterocycles. The number of benzene rings is 2. The lowest BCUT2D eigenvalue weighted by Crippen LogP contribution is -2.13. The smallest absolute Gasteiger partial charge is 0.291 e. The van der Waals surface area contributed by atoms with Crippen molar-refractivity contribution in [2.45, 2.75) is 45.1 Å². The minimum atomic E-state index is -0.494. The first-order valence-electron chi connectivity index (χ1n) is 11.4. The minimum Gasteiger partial charge on any atom is -0.449 e. The number of halogens is 1. The topological polar surface area (TPSA) is 60.1 Å². The van der Waals surface area contributed by atoms with Crippen molar-refractivity contribution in [3.05, 3.63) is 84.1 Å². The van der Waals surface area contributed by atoms with Crippen molar-refractivity contribution in [1.82, 2.24) is 9.55 Å². The molecule has 5 rings (SSSR count). The van der Waals surface area contributed by atoms with Gasteiger partial charge >= 0.3 is 0 Å². The Bertz CT molecular complexity index is 1270. The van der Waals surface area contributed by atoms with E-state index in [1.807, 2.05) is 6.33 Å². The highest BCUT2D eigenvalue weighted by Crippen LogP contribution is 2.38. The first-order chi connectivity index (χ1) is 16.1. The fourth-order valence-electron chi connectivity index (χ4n) is 4.50. The molecule has 1 aliphatic carbocycles. The number of hydrogen-bond donors (Lipinski definition) is 1. The lowest BCUT2D eigenvalue weighted by molar-refractivity contribution is 0.0997. The van der Waals surface area contributed by atoms with Gasteiger partial charge in [0.15, 0.2) is 11.5 Å². The Hall–Kier alpha value is -3.67. The number of aromatic nitrogens is 2. The van der Waals surface area contributed by atoms with Gasteiger partial charge in [-0.15, -0.1) is 0 Å². The number of imidazole rings is 1. The zero-order valence-electron chi connectivity index (χ0n) is 18.6. The fourth-order valence-corrected chi connectivity index (χ4v) is 4.50. The molecule has 0 atom stereocenters. The number of nitrogens with one attached hydrogen (secondary N) is 1. The Kier molecular flexibility index (Phi) is 5.82. The predicted octanol–water partition coefficient (Wildman–Crippen LogP) is 7.02. The van der Waals surface area contributed by atoms with Crippen molar-refractivity contribution in [1.29, 1.82) is 0 Å². The van der Waals surface area contributed by atoms with Crippen molar-refractivity contribution in [3.8, 4) is 22.7 Å². The summed E-state index contributed by atoms with van der Waals surface area (Å²) in [4.78, 5) is 17.5. The van der Waals surface area contributed by atoms with Crippen LogP contribution in [0, 0.1) is 12.7 Å². The van der Waals surface area contributed by atoms with Gasteiger partial charge < -0.3 is 14.3 Å². The molecule has 2 aromatic carbocycles. The van der Waals surface area contributed by atoms with E-state index in [1.54, 1.807) is 24.3 Å². The summed E-state index contributed by atoms with van der Waals surface area (Å²) in [5, 5.41) is 2.59. The molecule has 4 aromatic rings. The van der Waals surface area contributed by atoms with Gasteiger partial charge in [-0.05, 0) is 44.0 Å². The number of nitrogens with zero attached hydrogens (tertiary/aromatic N) is 2. The second-order valence-corrected chi connectivity index (χ2v) is 8.60. The summed E-state index contributed by atoms with van der Waals surface area (Å²) >= 11 is 0. The summed E-state index contributed by atoms with van der Waals surface area (Å²) in [6, 6.07) is 18.1. The summed E-state index contributed by atoms with van der Waals surface area (Å²) in [6.45, 7) is 2.05. The van der Waals surface area contributed by atoms with Gasteiger partial charge in [0.05, 0.1) is 17.7 Å². The average molecular weight is 444 g/mol. The lowest BCUT2D eigenvalue weighted by Gasteiger charge is -2.24. The number of aryl methyl sites for hydroxylation is 1. The van der Waals surface area contributed by atoms with Crippen molar-refractivity contribution in [2.24, 2.45) is 0 Å². The van der Waals surface area contributed by atoms with Gasteiger partial charge in [0.2, 0.25) is 0 Å². The molecule has 168 valence electrons. The normalized spacial score (nSPS) is 14.4. The van der Waals surface area contributed by atoms with Crippen molar-refractivity contribution in [2.75, 3.05) is 5.32 Å². The van der Waals surface area contributed by atoms with Gasteiger partial charge in [0.1, 0.15) is 11.5 Å². The number of hydrogen-bond acceptors (Lipinski definition) is 3. The van der Waals surface area contributed by atoms with Crippen molar-refractivity contribution < 1.29 is 13.6 Å². The minimum absolute atomic E-state index is 0.119. The lowest BCUT2D eigenvalue weighted by atomic mass is 9.95. The fraction of sp³-hybridized carbons (Fsp3) is 0.259.